The third-order valence-corrected chi connectivity index (χ3v) is 4.60. The van der Waals surface area contributed by atoms with Gasteiger partial charge in [0.15, 0.2) is 5.82 Å². The van der Waals surface area contributed by atoms with E-state index < -0.39 is 0 Å². The van der Waals surface area contributed by atoms with Crippen molar-refractivity contribution < 1.29 is 4.39 Å². The van der Waals surface area contributed by atoms with Crippen molar-refractivity contribution >= 4 is 22.6 Å². The maximum atomic E-state index is 13.9. The Morgan fingerprint density at radius 3 is 2.75 bits per heavy atom. The number of alkyl halides is 1. The van der Waals surface area contributed by atoms with Crippen LogP contribution in [0.4, 0.5) is 4.39 Å². The summed E-state index contributed by atoms with van der Waals surface area (Å²) in [5, 5.41) is 0. The topological polar surface area (TPSA) is 17.8 Å². The minimum absolute atomic E-state index is 0.235. The predicted octanol–water partition coefficient (Wildman–Crippen LogP) is 4.71. The number of hydrogen-bond acceptors (Lipinski definition) is 1. The van der Waals surface area contributed by atoms with Crippen LogP contribution in [0.3, 0.4) is 0 Å². The fourth-order valence-corrected chi connectivity index (χ4v) is 3.47. The second kappa shape index (κ2) is 5.72. The Bertz CT molecular complexity index is 600. The van der Waals surface area contributed by atoms with Gasteiger partial charge in [0.25, 0.3) is 0 Å². The summed E-state index contributed by atoms with van der Waals surface area (Å²) >= 11 is 5.89. The van der Waals surface area contributed by atoms with Crippen LogP contribution >= 0.6 is 11.6 Å². The maximum absolute atomic E-state index is 13.9. The minimum Gasteiger partial charge on any atom is -0.325 e. The summed E-state index contributed by atoms with van der Waals surface area (Å²) in [5.41, 5.74) is 1.41. The third kappa shape index (κ3) is 2.44. The van der Waals surface area contributed by atoms with Crippen molar-refractivity contribution in [2.75, 3.05) is 5.88 Å². The van der Waals surface area contributed by atoms with E-state index in [9.17, 15) is 4.39 Å². The van der Waals surface area contributed by atoms with Crippen molar-refractivity contribution in [3.8, 4) is 0 Å². The number of aromatic nitrogens is 2. The minimum atomic E-state index is -0.235. The highest BCUT2D eigenvalue weighted by Crippen LogP contribution is 2.35. The highest BCUT2D eigenvalue weighted by atomic mass is 35.5. The normalized spacial score (nSPS) is 23.4. The van der Waals surface area contributed by atoms with Gasteiger partial charge in [-0.05, 0) is 43.7 Å². The number of nitrogens with zero attached hydrogens (tertiary/aromatic N) is 2. The molecule has 0 aliphatic heterocycles. The molecule has 108 valence electrons. The molecule has 1 heterocycles. The molecule has 0 spiro atoms. The van der Waals surface area contributed by atoms with E-state index in [2.05, 4.69) is 16.5 Å². The second-order valence-electron chi connectivity index (χ2n) is 5.86. The summed E-state index contributed by atoms with van der Waals surface area (Å²) in [7, 11) is 0. The Balaban J connectivity index is 2.07. The Hall–Kier alpha value is -1.09. The Morgan fingerprint density at radius 2 is 2.05 bits per heavy atom. The van der Waals surface area contributed by atoms with E-state index in [0.29, 0.717) is 23.9 Å². The quantitative estimate of drug-likeness (QED) is 0.750. The van der Waals surface area contributed by atoms with Crippen molar-refractivity contribution in [3.63, 3.8) is 0 Å². The zero-order chi connectivity index (χ0) is 14.1. The lowest BCUT2D eigenvalue weighted by atomic mass is 9.87. The second-order valence-corrected chi connectivity index (χ2v) is 6.24. The smallest absolute Gasteiger partial charge is 0.151 e. The molecule has 4 heteroatoms. The number of halogens is 2. The van der Waals surface area contributed by atoms with Gasteiger partial charge in [-0.15, -0.1) is 11.6 Å². The van der Waals surface area contributed by atoms with Gasteiger partial charge in [0.2, 0.25) is 0 Å². The van der Waals surface area contributed by atoms with E-state index >= 15 is 0 Å². The molecule has 0 saturated heterocycles. The Kier molecular flexibility index (Phi) is 3.97. The SMILES string of the molecule is CC1CCC(n2c(CCCl)nc3c(F)cccc32)CC1. The largest absolute Gasteiger partial charge is 0.325 e. The number of fused-ring (bicyclic) bond motifs is 1. The lowest BCUT2D eigenvalue weighted by Gasteiger charge is -2.29. The number of imidazole rings is 1. The van der Waals surface area contributed by atoms with Gasteiger partial charge < -0.3 is 4.57 Å². The van der Waals surface area contributed by atoms with E-state index in [1.165, 1.54) is 18.9 Å². The van der Waals surface area contributed by atoms with Gasteiger partial charge in [-0.3, -0.25) is 0 Å². The molecule has 0 amide bonds. The van der Waals surface area contributed by atoms with Crippen LogP contribution in [0.2, 0.25) is 0 Å². The van der Waals surface area contributed by atoms with Crippen LogP contribution in [0.5, 0.6) is 0 Å². The van der Waals surface area contributed by atoms with E-state index in [-0.39, 0.29) is 5.82 Å². The van der Waals surface area contributed by atoms with Gasteiger partial charge in [0.1, 0.15) is 11.3 Å². The molecule has 0 radical (unpaired) electrons. The van der Waals surface area contributed by atoms with Crippen molar-refractivity contribution in [2.45, 2.75) is 45.1 Å². The molecule has 0 unspecified atom stereocenters. The number of hydrogen-bond donors (Lipinski definition) is 0. The van der Waals surface area contributed by atoms with Crippen LogP contribution < -0.4 is 0 Å². The molecule has 2 aromatic rings. The van der Waals surface area contributed by atoms with E-state index in [1.54, 1.807) is 6.07 Å². The van der Waals surface area contributed by atoms with Crippen LogP contribution in [0.15, 0.2) is 18.2 Å². The molecule has 20 heavy (non-hydrogen) atoms. The molecular formula is C16H20ClFN2. The molecular weight excluding hydrogens is 275 g/mol. The first kappa shape index (κ1) is 13.9. The van der Waals surface area contributed by atoms with Crippen LogP contribution in [-0.4, -0.2) is 15.4 Å². The summed E-state index contributed by atoms with van der Waals surface area (Å²) < 4.78 is 16.2. The van der Waals surface area contributed by atoms with E-state index in [1.807, 2.05) is 6.07 Å². The lowest BCUT2D eigenvalue weighted by molar-refractivity contribution is 0.290. The Morgan fingerprint density at radius 1 is 1.30 bits per heavy atom. The summed E-state index contributed by atoms with van der Waals surface area (Å²) in [6.45, 7) is 2.31. The molecule has 1 saturated carbocycles. The van der Waals surface area contributed by atoms with Gasteiger partial charge >= 0.3 is 0 Å². The average Bonchev–Trinajstić information content (AvgIpc) is 2.80. The van der Waals surface area contributed by atoms with Crippen molar-refractivity contribution in [1.82, 2.24) is 9.55 Å². The zero-order valence-electron chi connectivity index (χ0n) is 11.8. The standard InChI is InChI=1S/C16H20ClFN2/c1-11-5-7-12(8-6-11)20-14-4-2-3-13(18)16(14)19-15(20)9-10-17/h2-4,11-12H,5-10H2,1H3. The van der Waals surface area contributed by atoms with Gasteiger partial charge in [-0.25, -0.2) is 9.37 Å². The molecule has 0 atom stereocenters. The van der Waals surface area contributed by atoms with Crippen LogP contribution in [-0.2, 0) is 6.42 Å². The van der Waals surface area contributed by atoms with Gasteiger partial charge in [0, 0.05) is 18.3 Å². The Labute approximate surface area is 123 Å². The summed E-state index contributed by atoms with van der Waals surface area (Å²) in [6.07, 6.45) is 5.47. The van der Waals surface area contributed by atoms with Crippen LogP contribution in [0.1, 0.15) is 44.5 Å². The molecule has 3 rings (SSSR count). The van der Waals surface area contributed by atoms with Crippen LogP contribution in [0.25, 0.3) is 11.0 Å². The van der Waals surface area contributed by atoms with Crippen molar-refractivity contribution in [3.05, 3.63) is 29.8 Å². The molecule has 1 aromatic heterocycles. The first-order chi connectivity index (χ1) is 9.70. The average molecular weight is 295 g/mol. The van der Waals surface area contributed by atoms with Crippen molar-refractivity contribution in [2.24, 2.45) is 5.92 Å². The predicted molar refractivity (Wildman–Crippen MR) is 80.8 cm³/mol. The molecule has 1 fully saturated rings. The molecule has 0 N–H and O–H groups in total. The molecule has 0 bridgehead atoms. The molecule has 1 aliphatic rings. The fourth-order valence-electron chi connectivity index (χ4n) is 3.30. The first-order valence-corrected chi connectivity index (χ1v) is 7.95. The van der Waals surface area contributed by atoms with Gasteiger partial charge in [0.05, 0.1) is 5.52 Å². The lowest BCUT2D eigenvalue weighted by Crippen LogP contribution is -2.19. The number of aryl methyl sites for hydroxylation is 1. The third-order valence-electron chi connectivity index (χ3n) is 4.41. The van der Waals surface area contributed by atoms with Crippen molar-refractivity contribution in [1.29, 1.82) is 0 Å². The number of benzene rings is 1. The zero-order valence-corrected chi connectivity index (χ0v) is 12.5. The number of para-hydroxylation sites is 1. The monoisotopic (exact) mass is 294 g/mol. The highest BCUT2D eigenvalue weighted by Gasteiger charge is 2.24. The molecule has 1 aliphatic carbocycles. The maximum Gasteiger partial charge on any atom is 0.151 e. The first-order valence-electron chi connectivity index (χ1n) is 7.42. The summed E-state index contributed by atoms with van der Waals surface area (Å²) in [4.78, 5) is 4.50. The molecule has 1 aromatic carbocycles. The van der Waals surface area contributed by atoms with Gasteiger partial charge in [-0.1, -0.05) is 13.0 Å². The molecule has 2 nitrogen and oxygen atoms in total. The van der Waals surface area contributed by atoms with E-state index in [4.69, 9.17) is 11.6 Å². The fraction of sp³-hybridized carbons (Fsp3) is 0.562. The highest BCUT2D eigenvalue weighted by molar-refractivity contribution is 6.17. The number of rotatable bonds is 3. The van der Waals surface area contributed by atoms with Crippen LogP contribution in [0, 0.1) is 11.7 Å². The van der Waals surface area contributed by atoms with Gasteiger partial charge in [-0.2, -0.15) is 0 Å². The van der Waals surface area contributed by atoms with E-state index in [0.717, 1.165) is 30.1 Å². The summed E-state index contributed by atoms with van der Waals surface area (Å²) in [6, 6.07) is 5.66. The summed E-state index contributed by atoms with van der Waals surface area (Å²) in [5.74, 6) is 2.02.